The molecule has 4 nitrogen and oxygen atoms in total. The Morgan fingerprint density at radius 1 is 1.64 bits per heavy atom. The van der Waals surface area contributed by atoms with Gasteiger partial charge in [0.2, 0.25) is 0 Å². The highest BCUT2D eigenvalue weighted by Gasteiger charge is 2.24. The van der Waals surface area contributed by atoms with Gasteiger partial charge in [0, 0.05) is 19.6 Å². The summed E-state index contributed by atoms with van der Waals surface area (Å²) in [5.74, 6) is 1.09. The Hall–Kier alpha value is -0.770. The van der Waals surface area contributed by atoms with Gasteiger partial charge in [0.1, 0.15) is 0 Å². The Morgan fingerprint density at radius 2 is 2.57 bits per heavy atom. The average Bonchev–Trinajstić information content (AvgIpc) is 2.30. The van der Waals surface area contributed by atoms with Gasteiger partial charge in [0.05, 0.1) is 19.3 Å². The Bertz CT molecular complexity index is 217. The highest BCUT2D eigenvalue weighted by atomic mass is 16.5. The molecule has 0 aliphatic carbocycles. The van der Waals surface area contributed by atoms with E-state index in [-0.39, 0.29) is 0 Å². The Balaban J connectivity index is 2.02. The van der Waals surface area contributed by atoms with Crippen LogP contribution in [-0.4, -0.2) is 49.7 Å². The molecule has 0 saturated carbocycles. The van der Waals surface area contributed by atoms with Gasteiger partial charge in [-0.15, -0.1) is 0 Å². The fourth-order valence-corrected chi connectivity index (χ4v) is 1.98. The number of ether oxygens (including phenoxy) is 1. The molecule has 2 rings (SSSR count). The molecule has 0 radical (unpaired) electrons. The highest BCUT2D eigenvalue weighted by Crippen LogP contribution is 2.11. The fraction of sp³-hybridized carbons (Fsp3) is 0.900. The van der Waals surface area contributed by atoms with Crippen molar-refractivity contribution in [2.45, 2.75) is 25.8 Å². The van der Waals surface area contributed by atoms with Crippen LogP contribution in [0.25, 0.3) is 0 Å². The van der Waals surface area contributed by atoms with E-state index < -0.39 is 0 Å². The molecule has 1 fully saturated rings. The van der Waals surface area contributed by atoms with E-state index in [4.69, 9.17) is 4.74 Å². The molecule has 2 aliphatic rings. The van der Waals surface area contributed by atoms with Crippen LogP contribution in [0.1, 0.15) is 19.8 Å². The molecule has 1 saturated heterocycles. The maximum absolute atomic E-state index is 5.47. The molecular weight excluding hydrogens is 178 g/mol. The van der Waals surface area contributed by atoms with E-state index in [9.17, 15) is 0 Å². The van der Waals surface area contributed by atoms with Gasteiger partial charge in [-0.1, -0.05) is 6.92 Å². The summed E-state index contributed by atoms with van der Waals surface area (Å²) in [5, 5.41) is 3.37. The molecule has 0 spiro atoms. The molecule has 0 aromatic rings. The van der Waals surface area contributed by atoms with Crippen molar-refractivity contribution >= 4 is 5.96 Å². The van der Waals surface area contributed by atoms with Crippen LogP contribution in [0.5, 0.6) is 0 Å². The third kappa shape index (κ3) is 2.00. The van der Waals surface area contributed by atoms with E-state index in [0.717, 1.165) is 51.6 Å². The van der Waals surface area contributed by atoms with Crippen molar-refractivity contribution in [1.29, 1.82) is 0 Å². The van der Waals surface area contributed by atoms with Crippen molar-refractivity contribution in [3.8, 4) is 0 Å². The van der Waals surface area contributed by atoms with Gasteiger partial charge < -0.3 is 15.0 Å². The van der Waals surface area contributed by atoms with Crippen molar-refractivity contribution in [3.63, 3.8) is 0 Å². The Labute approximate surface area is 85.3 Å². The van der Waals surface area contributed by atoms with Crippen molar-refractivity contribution in [1.82, 2.24) is 10.2 Å². The summed E-state index contributed by atoms with van der Waals surface area (Å²) < 4.78 is 5.47. The molecule has 4 heteroatoms. The van der Waals surface area contributed by atoms with Gasteiger partial charge in [0.25, 0.3) is 0 Å². The van der Waals surface area contributed by atoms with Gasteiger partial charge in [-0.2, -0.15) is 0 Å². The first-order chi connectivity index (χ1) is 6.92. The average molecular weight is 197 g/mol. The van der Waals surface area contributed by atoms with Crippen molar-refractivity contribution in [2.75, 3.05) is 32.8 Å². The van der Waals surface area contributed by atoms with Crippen LogP contribution < -0.4 is 5.32 Å². The van der Waals surface area contributed by atoms with E-state index in [0.29, 0.717) is 6.04 Å². The van der Waals surface area contributed by atoms with Crippen molar-refractivity contribution in [3.05, 3.63) is 0 Å². The van der Waals surface area contributed by atoms with Crippen LogP contribution in [0, 0.1) is 0 Å². The van der Waals surface area contributed by atoms with E-state index >= 15 is 0 Å². The topological polar surface area (TPSA) is 36.9 Å². The largest absolute Gasteiger partial charge is 0.377 e. The molecule has 1 N–H and O–H groups in total. The second-order valence-corrected chi connectivity index (χ2v) is 3.82. The number of hydrogen-bond donors (Lipinski definition) is 1. The summed E-state index contributed by atoms with van der Waals surface area (Å²) in [4.78, 5) is 6.89. The molecule has 80 valence electrons. The molecule has 2 aliphatic heterocycles. The van der Waals surface area contributed by atoms with Crippen LogP contribution in [-0.2, 0) is 4.74 Å². The third-order valence-electron chi connectivity index (χ3n) is 2.85. The summed E-state index contributed by atoms with van der Waals surface area (Å²) in [5.41, 5.74) is 0. The number of nitrogens with one attached hydrogen (secondary N) is 1. The lowest BCUT2D eigenvalue weighted by molar-refractivity contribution is 0.0232. The first-order valence-electron chi connectivity index (χ1n) is 5.54. The first kappa shape index (κ1) is 9.77. The first-order valence-corrected chi connectivity index (χ1v) is 5.54. The van der Waals surface area contributed by atoms with Gasteiger partial charge in [-0.3, -0.25) is 4.99 Å². The summed E-state index contributed by atoms with van der Waals surface area (Å²) in [6.45, 7) is 6.89. The molecule has 2 heterocycles. The van der Waals surface area contributed by atoms with Crippen molar-refractivity contribution < 1.29 is 4.74 Å². The maximum Gasteiger partial charge on any atom is 0.194 e. The molecule has 14 heavy (non-hydrogen) atoms. The summed E-state index contributed by atoms with van der Waals surface area (Å²) >= 11 is 0. The van der Waals surface area contributed by atoms with Gasteiger partial charge in [-0.05, 0) is 12.8 Å². The molecule has 0 aromatic heterocycles. The van der Waals surface area contributed by atoms with E-state index in [1.165, 1.54) is 0 Å². The van der Waals surface area contributed by atoms with Crippen LogP contribution in [0.2, 0.25) is 0 Å². The summed E-state index contributed by atoms with van der Waals surface area (Å²) in [6, 6.07) is 0.507. The lowest BCUT2D eigenvalue weighted by Gasteiger charge is -2.38. The second kappa shape index (κ2) is 4.64. The minimum Gasteiger partial charge on any atom is -0.377 e. The quantitative estimate of drug-likeness (QED) is 0.663. The third-order valence-corrected chi connectivity index (χ3v) is 2.85. The maximum atomic E-state index is 5.47. The fourth-order valence-electron chi connectivity index (χ4n) is 1.98. The minimum atomic E-state index is 0.507. The number of hydrogen-bond acceptors (Lipinski definition) is 4. The molecule has 1 unspecified atom stereocenters. The predicted octanol–water partition coefficient (Wildman–Crippen LogP) is 0.446. The normalized spacial score (nSPS) is 28.2. The van der Waals surface area contributed by atoms with Crippen LogP contribution in [0.3, 0.4) is 0 Å². The molecular formula is C10H19N3O. The lowest BCUT2D eigenvalue weighted by Crippen LogP contribution is -2.54. The molecule has 0 aromatic carbocycles. The minimum absolute atomic E-state index is 0.507. The number of rotatable bonds is 1. The highest BCUT2D eigenvalue weighted by molar-refractivity contribution is 5.80. The molecule has 0 amide bonds. The number of nitrogens with zero attached hydrogens (tertiary/aromatic N) is 2. The smallest absolute Gasteiger partial charge is 0.194 e. The van der Waals surface area contributed by atoms with Crippen LogP contribution >= 0.6 is 0 Å². The monoisotopic (exact) mass is 197 g/mol. The van der Waals surface area contributed by atoms with E-state index in [1.54, 1.807) is 0 Å². The standard InChI is InChI=1S/C10H19N3O/c1-2-9-8-14-7-6-13(9)10-11-4-3-5-12-10/h9H,2-8H2,1H3,(H,11,12). The van der Waals surface area contributed by atoms with Crippen LogP contribution in [0.15, 0.2) is 4.99 Å². The van der Waals surface area contributed by atoms with Gasteiger partial charge >= 0.3 is 0 Å². The summed E-state index contributed by atoms with van der Waals surface area (Å²) in [6.07, 6.45) is 2.28. The zero-order valence-corrected chi connectivity index (χ0v) is 8.83. The zero-order chi connectivity index (χ0) is 9.80. The zero-order valence-electron chi connectivity index (χ0n) is 8.83. The summed E-state index contributed by atoms with van der Waals surface area (Å²) in [7, 11) is 0. The van der Waals surface area contributed by atoms with E-state index in [2.05, 4.69) is 22.1 Å². The SMILES string of the molecule is CCC1COCCN1C1=NCCCN1. The van der Waals surface area contributed by atoms with Gasteiger partial charge in [-0.25, -0.2) is 0 Å². The van der Waals surface area contributed by atoms with Crippen molar-refractivity contribution in [2.24, 2.45) is 4.99 Å². The Morgan fingerprint density at radius 3 is 3.29 bits per heavy atom. The predicted molar refractivity (Wildman–Crippen MR) is 56.5 cm³/mol. The number of guanidine groups is 1. The van der Waals surface area contributed by atoms with Gasteiger partial charge in [0.15, 0.2) is 5.96 Å². The second-order valence-electron chi connectivity index (χ2n) is 3.82. The van der Waals surface area contributed by atoms with E-state index in [1.807, 2.05) is 0 Å². The molecule has 0 bridgehead atoms. The lowest BCUT2D eigenvalue weighted by atomic mass is 10.2. The molecule has 1 atom stereocenters. The van der Waals surface area contributed by atoms with Crippen LogP contribution in [0.4, 0.5) is 0 Å². The number of aliphatic imine (C=N–C) groups is 1. The Kier molecular flexibility index (Phi) is 3.24. The number of morpholine rings is 1.